The smallest absolute Gasteiger partial charge is 0.165 e. The number of fused-ring (bicyclic) bond motifs is 1. The molecule has 1 aromatic heterocycles. The SMILES string of the molecule is Nc1cn(CC2COc3ccccc32)nn1. The van der Waals surface area contributed by atoms with Gasteiger partial charge in [-0.3, -0.25) is 0 Å². The second-order valence-corrected chi connectivity index (χ2v) is 3.91. The number of nitrogens with zero attached hydrogens (tertiary/aromatic N) is 3. The van der Waals surface area contributed by atoms with Crippen LogP contribution in [0.15, 0.2) is 30.5 Å². The van der Waals surface area contributed by atoms with Crippen LogP contribution >= 0.6 is 0 Å². The summed E-state index contributed by atoms with van der Waals surface area (Å²) < 4.78 is 7.35. The van der Waals surface area contributed by atoms with Crippen molar-refractivity contribution < 1.29 is 4.74 Å². The summed E-state index contributed by atoms with van der Waals surface area (Å²) in [7, 11) is 0. The Balaban J connectivity index is 1.83. The maximum absolute atomic E-state index is 5.60. The zero-order valence-electron chi connectivity index (χ0n) is 8.71. The van der Waals surface area contributed by atoms with E-state index in [2.05, 4.69) is 16.4 Å². The molecule has 0 radical (unpaired) electrons. The van der Waals surface area contributed by atoms with E-state index in [0.29, 0.717) is 18.3 Å². The number of ether oxygens (including phenoxy) is 1. The fourth-order valence-electron chi connectivity index (χ4n) is 2.01. The molecule has 1 aliphatic heterocycles. The number of para-hydroxylation sites is 1. The molecule has 0 saturated heterocycles. The fourth-order valence-corrected chi connectivity index (χ4v) is 2.01. The number of rotatable bonds is 2. The summed E-state index contributed by atoms with van der Waals surface area (Å²) in [6.07, 6.45) is 1.74. The number of aromatic nitrogens is 3. The summed E-state index contributed by atoms with van der Waals surface area (Å²) in [4.78, 5) is 0. The van der Waals surface area contributed by atoms with E-state index in [9.17, 15) is 0 Å². The molecule has 1 atom stereocenters. The molecule has 0 saturated carbocycles. The molecular weight excluding hydrogens is 204 g/mol. The Labute approximate surface area is 92.8 Å². The molecule has 5 heteroatoms. The van der Waals surface area contributed by atoms with Crippen LogP contribution in [0.3, 0.4) is 0 Å². The van der Waals surface area contributed by atoms with Gasteiger partial charge >= 0.3 is 0 Å². The minimum atomic E-state index is 0.331. The van der Waals surface area contributed by atoms with Gasteiger partial charge in [-0.1, -0.05) is 23.4 Å². The Kier molecular flexibility index (Phi) is 2.02. The lowest BCUT2D eigenvalue weighted by molar-refractivity contribution is 0.314. The molecule has 0 aliphatic carbocycles. The van der Waals surface area contributed by atoms with Crippen molar-refractivity contribution in [2.75, 3.05) is 12.3 Å². The first-order chi connectivity index (χ1) is 7.83. The van der Waals surface area contributed by atoms with Gasteiger partial charge in [-0.2, -0.15) is 0 Å². The average Bonchev–Trinajstić information content (AvgIpc) is 2.87. The molecule has 5 nitrogen and oxygen atoms in total. The van der Waals surface area contributed by atoms with Gasteiger partial charge in [-0.05, 0) is 6.07 Å². The molecule has 0 fully saturated rings. The van der Waals surface area contributed by atoms with Gasteiger partial charge in [0, 0.05) is 11.5 Å². The first kappa shape index (κ1) is 9.21. The van der Waals surface area contributed by atoms with Gasteiger partial charge in [0.25, 0.3) is 0 Å². The summed E-state index contributed by atoms with van der Waals surface area (Å²) in [6.45, 7) is 1.44. The molecule has 1 aliphatic rings. The van der Waals surface area contributed by atoms with Crippen LogP contribution in [0.5, 0.6) is 5.75 Å². The van der Waals surface area contributed by atoms with Crippen molar-refractivity contribution in [3.63, 3.8) is 0 Å². The predicted molar refractivity (Wildman–Crippen MR) is 59.1 cm³/mol. The molecule has 0 bridgehead atoms. The van der Waals surface area contributed by atoms with Crippen LogP contribution in [0, 0.1) is 0 Å². The Bertz CT molecular complexity index is 508. The van der Waals surface area contributed by atoms with Gasteiger partial charge in [0.2, 0.25) is 0 Å². The molecule has 2 aromatic rings. The number of benzene rings is 1. The number of nitrogens with two attached hydrogens (primary N) is 1. The van der Waals surface area contributed by atoms with E-state index in [1.165, 1.54) is 5.56 Å². The van der Waals surface area contributed by atoms with Crippen molar-refractivity contribution >= 4 is 5.82 Å². The topological polar surface area (TPSA) is 66.0 Å². The van der Waals surface area contributed by atoms with E-state index in [1.807, 2.05) is 18.2 Å². The summed E-state index contributed by atoms with van der Waals surface area (Å²) in [5.74, 6) is 1.75. The lowest BCUT2D eigenvalue weighted by atomic mass is 10.0. The maximum Gasteiger partial charge on any atom is 0.165 e. The third kappa shape index (κ3) is 1.50. The van der Waals surface area contributed by atoms with Gasteiger partial charge < -0.3 is 10.5 Å². The average molecular weight is 216 g/mol. The molecule has 1 aromatic carbocycles. The van der Waals surface area contributed by atoms with E-state index in [4.69, 9.17) is 10.5 Å². The van der Waals surface area contributed by atoms with Gasteiger partial charge in [0.05, 0.1) is 19.3 Å². The zero-order chi connectivity index (χ0) is 11.0. The summed E-state index contributed by atoms with van der Waals surface area (Å²) in [5, 5.41) is 7.70. The van der Waals surface area contributed by atoms with Crippen molar-refractivity contribution in [3.8, 4) is 5.75 Å². The Morgan fingerprint density at radius 2 is 2.31 bits per heavy atom. The normalized spacial score (nSPS) is 18.1. The van der Waals surface area contributed by atoms with E-state index < -0.39 is 0 Å². The first-order valence-corrected chi connectivity index (χ1v) is 5.20. The van der Waals surface area contributed by atoms with Gasteiger partial charge in [-0.25, -0.2) is 4.68 Å². The van der Waals surface area contributed by atoms with Gasteiger partial charge in [0.1, 0.15) is 5.75 Å². The fraction of sp³-hybridized carbons (Fsp3) is 0.273. The number of hydrogen-bond donors (Lipinski definition) is 1. The van der Waals surface area contributed by atoms with Crippen LogP contribution in [-0.4, -0.2) is 21.6 Å². The molecule has 0 amide bonds. The van der Waals surface area contributed by atoms with Crippen LogP contribution in [0.1, 0.15) is 11.5 Å². The monoisotopic (exact) mass is 216 g/mol. The van der Waals surface area contributed by atoms with E-state index in [0.717, 1.165) is 12.3 Å². The first-order valence-electron chi connectivity index (χ1n) is 5.20. The van der Waals surface area contributed by atoms with E-state index >= 15 is 0 Å². The lowest BCUT2D eigenvalue weighted by Gasteiger charge is -2.07. The summed E-state index contributed by atoms with van der Waals surface area (Å²) in [5.41, 5.74) is 6.75. The molecule has 2 heterocycles. The zero-order valence-corrected chi connectivity index (χ0v) is 8.71. The highest BCUT2D eigenvalue weighted by molar-refractivity contribution is 5.39. The quantitative estimate of drug-likeness (QED) is 0.814. The van der Waals surface area contributed by atoms with E-state index in [1.54, 1.807) is 10.9 Å². The summed E-state index contributed by atoms with van der Waals surface area (Å²) in [6, 6.07) is 8.09. The molecule has 0 spiro atoms. The van der Waals surface area contributed by atoms with Crippen molar-refractivity contribution in [1.29, 1.82) is 0 Å². The standard InChI is InChI=1S/C11H12N4O/c12-11-6-15(14-13-11)5-8-7-16-10-4-2-1-3-9(8)10/h1-4,6,8H,5,7,12H2. The number of nitrogen functional groups attached to an aromatic ring is 1. The van der Waals surface area contributed by atoms with Crippen molar-refractivity contribution in [3.05, 3.63) is 36.0 Å². The molecular formula is C11H12N4O. The Morgan fingerprint density at radius 3 is 3.12 bits per heavy atom. The van der Waals surface area contributed by atoms with Crippen molar-refractivity contribution in [1.82, 2.24) is 15.0 Å². The van der Waals surface area contributed by atoms with Crippen LogP contribution in [0.25, 0.3) is 0 Å². The molecule has 2 N–H and O–H groups in total. The predicted octanol–water partition coefficient (Wildman–Crippen LogP) is 1.04. The Hall–Kier alpha value is -2.04. The molecule has 82 valence electrons. The lowest BCUT2D eigenvalue weighted by Crippen LogP contribution is -2.11. The van der Waals surface area contributed by atoms with Crippen LogP contribution in [0.2, 0.25) is 0 Å². The van der Waals surface area contributed by atoms with Crippen molar-refractivity contribution in [2.24, 2.45) is 0 Å². The van der Waals surface area contributed by atoms with Crippen LogP contribution < -0.4 is 10.5 Å². The highest BCUT2D eigenvalue weighted by Gasteiger charge is 2.24. The second kappa shape index (κ2) is 3.52. The van der Waals surface area contributed by atoms with Crippen molar-refractivity contribution in [2.45, 2.75) is 12.5 Å². The minimum Gasteiger partial charge on any atom is -0.493 e. The van der Waals surface area contributed by atoms with Crippen LogP contribution in [0.4, 0.5) is 5.82 Å². The molecule has 3 rings (SSSR count). The summed E-state index contributed by atoms with van der Waals surface area (Å²) >= 11 is 0. The van der Waals surface area contributed by atoms with Gasteiger partial charge in [0.15, 0.2) is 5.82 Å². The third-order valence-corrected chi connectivity index (χ3v) is 2.76. The highest BCUT2D eigenvalue weighted by Crippen LogP contribution is 2.34. The number of anilines is 1. The highest BCUT2D eigenvalue weighted by atomic mass is 16.5. The largest absolute Gasteiger partial charge is 0.493 e. The van der Waals surface area contributed by atoms with Gasteiger partial charge in [-0.15, -0.1) is 5.10 Å². The number of hydrogen-bond acceptors (Lipinski definition) is 4. The van der Waals surface area contributed by atoms with Crippen LogP contribution in [-0.2, 0) is 6.54 Å². The van der Waals surface area contributed by atoms with E-state index in [-0.39, 0.29) is 0 Å². The third-order valence-electron chi connectivity index (χ3n) is 2.76. The second-order valence-electron chi connectivity index (χ2n) is 3.91. The molecule has 16 heavy (non-hydrogen) atoms. The minimum absolute atomic E-state index is 0.331. The maximum atomic E-state index is 5.60. The molecule has 1 unspecified atom stereocenters. The Morgan fingerprint density at radius 1 is 1.44 bits per heavy atom.